The predicted molar refractivity (Wildman–Crippen MR) is 156 cm³/mol. The summed E-state index contributed by atoms with van der Waals surface area (Å²) >= 11 is 3.69. The molecule has 5 rings (SSSR count). The summed E-state index contributed by atoms with van der Waals surface area (Å²) in [6, 6.07) is 10.7. The predicted octanol–water partition coefficient (Wildman–Crippen LogP) is 3.41. The van der Waals surface area contributed by atoms with E-state index in [1.54, 1.807) is 23.0 Å². The summed E-state index contributed by atoms with van der Waals surface area (Å²) in [7, 11) is 1.66. The van der Waals surface area contributed by atoms with Crippen molar-refractivity contribution in [2.24, 2.45) is 23.4 Å². The van der Waals surface area contributed by atoms with Crippen molar-refractivity contribution in [3.8, 4) is 5.75 Å². The molecule has 2 aliphatic heterocycles. The monoisotopic (exact) mass is 625 g/mol. The fraction of sp³-hybridized carbons (Fsp3) is 0.433. The number of carbonyl (C=O) groups is 3. The van der Waals surface area contributed by atoms with Crippen LogP contribution in [0.5, 0.6) is 5.75 Å². The van der Waals surface area contributed by atoms with Gasteiger partial charge in [0.1, 0.15) is 12.4 Å². The van der Waals surface area contributed by atoms with Crippen LogP contribution in [0.3, 0.4) is 0 Å². The summed E-state index contributed by atoms with van der Waals surface area (Å²) in [6.07, 6.45) is 4.76. The maximum Gasteiger partial charge on any atom is 0.307 e. The van der Waals surface area contributed by atoms with Crippen molar-refractivity contribution < 1.29 is 24.2 Å². The molecule has 218 valence electrons. The van der Waals surface area contributed by atoms with E-state index in [4.69, 9.17) is 16.3 Å². The zero-order chi connectivity index (χ0) is 29.3. The number of hydrogen-bond donors (Lipinski definition) is 3. The van der Waals surface area contributed by atoms with Crippen LogP contribution in [0.4, 0.5) is 0 Å². The number of hydrogen-bond acceptors (Lipinski definition) is 7. The molecule has 0 aromatic heterocycles. The highest BCUT2D eigenvalue weighted by Gasteiger charge is 2.44. The molecule has 1 aliphatic carbocycles. The van der Waals surface area contributed by atoms with Crippen LogP contribution in [0.1, 0.15) is 58.8 Å². The van der Waals surface area contributed by atoms with Gasteiger partial charge in [0.2, 0.25) is 5.91 Å². The smallest absolute Gasteiger partial charge is 0.307 e. The Kier molecular flexibility index (Phi) is 8.55. The Labute approximate surface area is 248 Å². The Bertz CT molecular complexity index is 1380. The number of aliphatic carboxylic acids is 1. The second-order valence-electron chi connectivity index (χ2n) is 11.1. The molecule has 0 bridgehead atoms. The molecule has 3 aliphatic rings. The number of nitrogens with zero attached hydrogens (tertiary/aromatic N) is 3. The van der Waals surface area contributed by atoms with E-state index in [9.17, 15) is 19.5 Å². The van der Waals surface area contributed by atoms with E-state index in [1.807, 2.05) is 36.4 Å². The molecule has 2 amide bonds. The number of ether oxygens (including phenoxy) is 1. The molecule has 41 heavy (non-hydrogen) atoms. The van der Waals surface area contributed by atoms with Gasteiger partial charge in [0.15, 0.2) is 0 Å². The number of benzene rings is 2. The van der Waals surface area contributed by atoms with Gasteiger partial charge in [-0.3, -0.25) is 14.4 Å². The number of carboxylic acid groups (broad SMARTS) is 1. The average molecular weight is 627 g/mol. The van der Waals surface area contributed by atoms with E-state index < -0.39 is 23.8 Å². The minimum atomic E-state index is -0.930. The highest BCUT2D eigenvalue weighted by Crippen LogP contribution is 2.43. The van der Waals surface area contributed by atoms with Gasteiger partial charge in [-0.05, 0) is 48.6 Å². The molecule has 2 aromatic rings. The largest absolute Gasteiger partial charge is 0.487 e. The third kappa shape index (κ3) is 5.92. The average Bonchev–Trinajstić information content (AvgIpc) is 3.27. The van der Waals surface area contributed by atoms with Crippen molar-refractivity contribution in [1.29, 1.82) is 0 Å². The molecule has 0 spiro atoms. The minimum Gasteiger partial charge on any atom is -0.487 e. The fourth-order valence-electron chi connectivity index (χ4n) is 6.43. The van der Waals surface area contributed by atoms with Crippen LogP contribution in [-0.4, -0.2) is 64.4 Å². The number of amides is 2. The van der Waals surface area contributed by atoms with Gasteiger partial charge in [-0.2, -0.15) is 0 Å². The van der Waals surface area contributed by atoms with Gasteiger partial charge < -0.3 is 30.4 Å². The first kappa shape index (κ1) is 28.9. The van der Waals surface area contributed by atoms with E-state index >= 15 is 0 Å². The van der Waals surface area contributed by atoms with Crippen LogP contribution >= 0.6 is 15.9 Å². The van der Waals surface area contributed by atoms with E-state index in [1.165, 1.54) is 5.01 Å². The number of rotatable bonds is 8. The van der Waals surface area contributed by atoms with E-state index in [0.717, 1.165) is 34.0 Å². The molecular weight excluding hydrogens is 590 g/mol. The lowest BCUT2D eigenvalue weighted by Crippen LogP contribution is -2.50. The van der Waals surface area contributed by atoms with Crippen LogP contribution in [0, 0.1) is 11.8 Å². The molecule has 0 radical (unpaired) electrons. The number of fused-ring (bicyclic) bond motifs is 2. The molecule has 2 heterocycles. The summed E-state index contributed by atoms with van der Waals surface area (Å²) in [5, 5.41) is 11.3. The van der Waals surface area contributed by atoms with Gasteiger partial charge in [-0.15, -0.1) is 0 Å². The van der Waals surface area contributed by atoms with E-state index in [-0.39, 0.29) is 25.0 Å². The molecular formula is C30H36BrN5O5. The first-order valence-corrected chi connectivity index (χ1v) is 14.7. The van der Waals surface area contributed by atoms with Gasteiger partial charge >= 0.3 is 5.97 Å². The number of carbonyl (C=O) groups excluding carboxylic acids is 2. The molecule has 1 fully saturated rings. The molecule has 3 atom stereocenters. The summed E-state index contributed by atoms with van der Waals surface area (Å²) < 4.78 is 7.09. The third-order valence-corrected chi connectivity index (χ3v) is 9.05. The fourth-order valence-corrected chi connectivity index (χ4v) is 6.97. The molecule has 10 nitrogen and oxygen atoms in total. The third-order valence-electron chi connectivity index (χ3n) is 8.31. The quantitative estimate of drug-likeness (QED) is 0.299. The SMILES string of the molecule is CN(N)/C=C(\N)COc1ccc(Br)c2c1C(CN1Cc3ccccc3C1=O)N(C(=O)[C@@H]1CCCC[C@@H]1C(=O)O)CC2. The Balaban J connectivity index is 1.53. The second kappa shape index (κ2) is 12.1. The van der Waals surface area contributed by atoms with Crippen LogP contribution in [0.25, 0.3) is 0 Å². The Morgan fingerprint density at radius 1 is 1.17 bits per heavy atom. The number of nitrogens with two attached hydrogens (primary N) is 2. The van der Waals surface area contributed by atoms with Crippen LogP contribution in [0.15, 0.2) is 52.8 Å². The first-order valence-electron chi connectivity index (χ1n) is 13.9. The van der Waals surface area contributed by atoms with Gasteiger partial charge in [0, 0.05) is 48.5 Å². The molecule has 11 heteroatoms. The molecule has 5 N–H and O–H groups in total. The van der Waals surface area contributed by atoms with Crippen LogP contribution < -0.4 is 16.3 Å². The van der Waals surface area contributed by atoms with Gasteiger partial charge in [0.25, 0.3) is 5.91 Å². The summed E-state index contributed by atoms with van der Waals surface area (Å²) in [4.78, 5) is 43.3. The lowest BCUT2D eigenvalue weighted by Gasteiger charge is -2.43. The maximum absolute atomic E-state index is 14.2. The van der Waals surface area contributed by atoms with Crippen molar-refractivity contribution in [3.63, 3.8) is 0 Å². The van der Waals surface area contributed by atoms with E-state index in [0.29, 0.717) is 49.4 Å². The van der Waals surface area contributed by atoms with Crippen molar-refractivity contribution >= 4 is 33.7 Å². The Hall–Kier alpha value is -3.57. The lowest BCUT2D eigenvalue weighted by molar-refractivity contribution is -0.153. The number of carboxylic acids is 1. The Morgan fingerprint density at radius 3 is 2.61 bits per heavy atom. The molecule has 1 unspecified atom stereocenters. The Morgan fingerprint density at radius 2 is 1.90 bits per heavy atom. The van der Waals surface area contributed by atoms with Crippen molar-refractivity contribution in [2.75, 3.05) is 26.7 Å². The molecule has 1 saturated carbocycles. The topological polar surface area (TPSA) is 142 Å². The van der Waals surface area contributed by atoms with Crippen molar-refractivity contribution in [1.82, 2.24) is 14.8 Å². The van der Waals surface area contributed by atoms with Crippen molar-refractivity contribution in [3.05, 3.63) is 75.0 Å². The first-order chi connectivity index (χ1) is 19.7. The normalized spacial score (nSPS) is 22.3. The lowest BCUT2D eigenvalue weighted by atomic mass is 9.77. The highest BCUT2D eigenvalue weighted by atomic mass is 79.9. The van der Waals surface area contributed by atoms with Gasteiger partial charge in [0.05, 0.1) is 23.6 Å². The van der Waals surface area contributed by atoms with Crippen LogP contribution in [-0.2, 0) is 22.6 Å². The summed E-state index contributed by atoms with van der Waals surface area (Å²) in [5.41, 5.74) is 9.94. The standard InChI is InChI=1S/C30H36BrN5O5/c1-34(33)15-19(32)17-41-26-11-10-24(31)23-12-13-36(29(38)21-8-4-5-9-22(21)30(39)40)25(27(23)26)16-35-14-18-6-2-3-7-20(18)28(35)37/h2-3,6-7,10-11,15,21-22,25H,4-5,8-9,12-14,16-17,32-33H2,1H3,(H,39,40)/b19-15-/t21-,22+,25?/m1/s1. The van der Waals surface area contributed by atoms with Gasteiger partial charge in [-0.25, -0.2) is 5.84 Å². The summed E-state index contributed by atoms with van der Waals surface area (Å²) in [6.45, 7) is 1.18. The molecule has 0 saturated heterocycles. The number of halogens is 1. The number of hydrazine groups is 1. The zero-order valence-electron chi connectivity index (χ0n) is 23.1. The zero-order valence-corrected chi connectivity index (χ0v) is 24.7. The van der Waals surface area contributed by atoms with Gasteiger partial charge in [-0.1, -0.05) is 47.0 Å². The highest BCUT2D eigenvalue weighted by molar-refractivity contribution is 9.10. The van der Waals surface area contributed by atoms with Crippen molar-refractivity contribution in [2.45, 2.75) is 44.7 Å². The molecule has 2 aromatic carbocycles. The minimum absolute atomic E-state index is 0.0775. The van der Waals surface area contributed by atoms with E-state index in [2.05, 4.69) is 15.9 Å². The summed E-state index contributed by atoms with van der Waals surface area (Å²) in [5.74, 6) is 3.75. The second-order valence-corrected chi connectivity index (χ2v) is 11.9. The maximum atomic E-state index is 14.2. The van der Waals surface area contributed by atoms with Crippen LogP contribution in [0.2, 0.25) is 0 Å².